The number of allylic oxidation sites excluding steroid dienone is 2. The fourth-order valence-corrected chi connectivity index (χ4v) is 1.82. The number of rotatable bonds is 3. The van der Waals surface area contributed by atoms with E-state index in [1.54, 1.807) is 0 Å². The first-order valence-electron chi connectivity index (χ1n) is 5.28. The van der Waals surface area contributed by atoms with E-state index >= 15 is 0 Å². The molecule has 1 heterocycles. The van der Waals surface area contributed by atoms with E-state index in [0.29, 0.717) is 0 Å². The SMILES string of the molecule is OCC1=CCCC(Cc2ccccn2)=C1. The Labute approximate surface area is 90.0 Å². The van der Waals surface area contributed by atoms with Crippen LogP contribution in [0.1, 0.15) is 18.5 Å². The maximum atomic E-state index is 9.05. The number of aliphatic hydroxyl groups is 1. The van der Waals surface area contributed by atoms with Crippen molar-refractivity contribution in [3.63, 3.8) is 0 Å². The number of hydrogen-bond acceptors (Lipinski definition) is 2. The molecule has 2 rings (SSSR count). The Balaban J connectivity index is 2.07. The Morgan fingerprint density at radius 1 is 1.33 bits per heavy atom. The molecule has 0 atom stereocenters. The van der Waals surface area contributed by atoms with Crippen molar-refractivity contribution in [2.24, 2.45) is 0 Å². The number of hydrogen-bond donors (Lipinski definition) is 1. The molecule has 0 unspecified atom stereocenters. The quantitative estimate of drug-likeness (QED) is 0.813. The fraction of sp³-hybridized carbons (Fsp3) is 0.308. The fourth-order valence-electron chi connectivity index (χ4n) is 1.82. The van der Waals surface area contributed by atoms with Crippen LogP contribution in [0.15, 0.2) is 47.7 Å². The summed E-state index contributed by atoms with van der Waals surface area (Å²) in [6, 6.07) is 5.98. The maximum Gasteiger partial charge on any atom is 0.0678 e. The van der Waals surface area contributed by atoms with E-state index in [9.17, 15) is 0 Å². The monoisotopic (exact) mass is 201 g/mol. The predicted molar refractivity (Wildman–Crippen MR) is 60.4 cm³/mol. The summed E-state index contributed by atoms with van der Waals surface area (Å²) in [6.07, 6.45) is 9.04. The molecule has 0 saturated carbocycles. The second kappa shape index (κ2) is 4.89. The van der Waals surface area contributed by atoms with E-state index < -0.39 is 0 Å². The lowest BCUT2D eigenvalue weighted by atomic mass is 9.96. The molecule has 0 radical (unpaired) electrons. The van der Waals surface area contributed by atoms with E-state index in [1.807, 2.05) is 24.4 Å². The lowest BCUT2D eigenvalue weighted by molar-refractivity contribution is 0.334. The Hall–Kier alpha value is -1.41. The van der Waals surface area contributed by atoms with Gasteiger partial charge in [0.15, 0.2) is 0 Å². The topological polar surface area (TPSA) is 33.1 Å². The summed E-state index contributed by atoms with van der Waals surface area (Å²) in [5, 5.41) is 9.05. The van der Waals surface area contributed by atoms with Gasteiger partial charge in [0.05, 0.1) is 6.61 Å². The second-order valence-corrected chi connectivity index (χ2v) is 3.78. The average Bonchev–Trinajstić information content (AvgIpc) is 2.31. The minimum Gasteiger partial charge on any atom is -0.392 e. The molecule has 0 spiro atoms. The molecule has 1 aromatic rings. The van der Waals surface area contributed by atoms with Crippen LogP contribution in [0.5, 0.6) is 0 Å². The van der Waals surface area contributed by atoms with Crippen molar-refractivity contribution in [2.75, 3.05) is 6.61 Å². The summed E-state index contributed by atoms with van der Waals surface area (Å²) >= 11 is 0. The van der Waals surface area contributed by atoms with Gasteiger partial charge in [-0.3, -0.25) is 4.98 Å². The summed E-state index contributed by atoms with van der Waals surface area (Å²) < 4.78 is 0. The molecule has 0 bridgehead atoms. The third-order valence-electron chi connectivity index (χ3n) is 2.58. The van der Waals surface area contributed by atoms with Gasteiger partial charge < -0.3 is 5.11 Å². The van der Waals surface area contributed by atoms with Crippen LogP contribution in [0.4, 0.5) is 0 Å². The number of pyridine rings is 1. The summed E-state index contributed by atoms with van der Waals surface area (Å²) in [5.41, 5.74) is 3.50. The predicted octanol–water partition coefficient (Wildman–Crippen LogP) is 2.26. The zero-order valence-corrected chi connectivity index (χ0v) is 8.69. The van der Waals surface area contributed by atoms with Gasteiger partial charge in [-0.15, -0.1) is 0 Å². The van der Waals surface area contributed by atoms with Gasteiger partial charge in [0.2, 0.25) is 0 Å². The number of nitrogens with zero attached hydrogens (tertiary/aromatic N) is 1. The number of aliphatic hydroxyl groups excluding tert-OH is 1. The maximum absolute atomic E-state index is 9.05. The zero-order valence-electron chi connectivity index (χ0n) is 8.69. The lowest BCUT2D eigenvalue weighted by Gasteiger charge is -2.12. The van der Waals surface area contributed by atoms with E-state index in [0.717, 1.165) is 30.5 Å². The van der Waals surface area contributed by atoms with Crippen LogP contribution in [0.2, 0.25) is 0 Å². The summed E-state index contributed by atoms with van der Waals surface area (Å²) in [6.45, 7) is 0.145. The molecule has 2 nitrogen and oxygen atoms in total. The van der Waals surface area contributed by atoms with Crippen LogP contribution in [0.3, 0.4) is 0 Å². The van der Waals surface area contributed by atoms with Gasteiger partial charge in [-0.25, -0.2) is 0 Å². The Kier molecular flexibility index (Phi) is 3.30. The Bertz CT molecular complexity index is 379. The molecule has 0 aromatic carbocycles. The normalized spacial score (nSPS) is 15.8. The smallest absolute Gasteiger partial charge is 0.0678 e. The first kappa shape index (κ1) is 10.1. The van der Waals surface area contributed by atoms with Crippen molar-refractivity contribution >= 4 is 0 Å². The highest BCUT2D eigenvalue weighted by molar-refractivity contribution is 5.30. The molecule has 1 aliphatic carbocycles. The Morgan fingerprint density at radius 2 is 2.27 bits per heavy atom. The standard InChI is InChI=1S/C13H15NO/c15-10-12-5-3-4-11(8-12)9-13-6-1-2-7-14-13/h1-2,5-8,15H,3-4,9-10H2. The van der Waals surface area contributed by atoms with Gasteiger partial charge in [0.1, 0.15) is 0 Å². The highest BCUT2D eigenvalue weighted by Crippen LogP contribution is 2.19. The molecule has 15 heavy (non-hydrogen) atoms. The van der Waals surface area contributed by atoms with E-state index in [4.69, 9.17) is 5.11 Å². The van der Waals surface area contributed by atoms with Gasteiger partial charge in [-0.2, -0.15) is 0 Å². The molecule has 78 valence electrons. The minimum absolute atomic E-state index is 0.145. The van der Waals surface area contributed by atoms with Crippen LogP contribution in [-0.2, 0) is 6.42 Å². The molecular weight excluding hydrogens is 186 g/mol. The molecule has 0 aliphatic heterocycles. The van der Waals surface area contributed by atoms with Crippen molar-refractivity contribution in [1.82, 2.24) is 4.98 Å². The zero-order chi connectivity index (χ0) is 10.5. The van der Waals surface area contributed by atoms with E-state index in [2.05, 4.69) is 17.1 Å². The van der Waals surface area contributed by atoms with Crippen LogP contribution in [-0.4, -0.2) is 16.7 Å². The average molecular weight is 201 g/mol. The second-order valence-electron chi connectivity index (χ2n) is 3.78. The minimum atomic E-state index is 0.145. The van der Waals surface area contributed by atoms with Gasteiger partial charge in [0.25, 0.3) is 0 Å². The molecule has 2 heteroatoms. The summed E-state index contributed by atoms with van der Waals surface area (Å²) in [7, 11) is 0. The van der Waals surface area contributed by atoms with Crippen LogP contribution in [0, 0.1) is 0 Å². The van der Waals surface area contributed by atoms with Gasteiger partial charge in [0, 0.05) is 18.3 Å². The van der Waals surface area contributed by atoms with Crippen molar-refractivity contribution < 1.29 is 5.11 Å². The third-order valence-corrected chi connectivity index (χ3v) is 2.58. The third kappa shape index (κ3) is 2.77. The largest absolute Gasteiger partial charge is 0.392 e. The highest BCUT2D eigenvalue weighted by atomic mass is 16.3. The van der Waals surface area contributed by atoms with Crippen molar-refractivity contribution in [3.8, 4) is 0 Å². The lowest BCUT2D eigenvalue weighted by Crippen LogP contribution is -2.00. The molecule has 0 saturated heterocycles. The van der Waals surface area contributed by atoms with Crippen LogP contribution < -0.4 is 0 Å². The molecular formula is C13H15NO. The van der Waals surface area contributed by atoms with Crippen LogP contribution in [0.25, 0.3) is 0 Å². The van der Waals surface area contributed by atoms with Crippen LogP contribution >= 0.6 is 0 Å². The molecule has 1 N–H and O–H groups in total. The van der Waals surface area contributed by atoms with Crippen molar-refractivity contribution in [3.05, 3.63) is 53.4 Å². The molecule has 1 aromatic heterocycles. The first-order valence-corrected chi connectivity index (χ1v) is 5.28. The van der Waals surface area contributed by atoms with Gasteiger partial charge in [-0.05, 0) is 30.5 Å². The van der Waals surface area contributed by atoms with E-state index in [1.165, 1.54) is 5.57 Å². The first-order chi connectivity index (χ1) is 7.38. The Morgan fingerprint density at radius 3 is 3.00 bits per heavy atom. The van der Waals surface area contributed by atoms with Crippen molar-refractivity contribution in [2.45, 2.75) is 19.3 Å². The van der Waals surface area contributed by atoms with Gasteiger partial charge >= 0.3 is 0 Å². The van der Waals surface area contributed by atoms with E-state index in [-0.39, 0.29) is 6.61 Å². The molecule has 0 fully saturated rings. The number of aromatic nitrogens is 1. The highest BCUT2D eigenvalue weighted by Gasteiger charge is 2.06. The summed E-state index contributed by atoms with van der Waals surface area (Å²) in [4.78, 5) is 4.30. The molecule has 1 aliphatic rings. The van der Waals surface area contributed by atoms with Gasteiger partial charge in [-0.1, -0.05) is 23.8 Å². The van der Waals surface area contributed by atoms with Crippen molar-refractivity contribution in [1.29, 1.82) is 0 Å². The molecule has 0 amide bonds. The summed E-state index contributed by atoms with van der Waals surface area (Å²) in [5.74, 6) is 0.